The summed E-state index contributed by atoms with van der Waals surface area (Å²) in [6.07, 6.45) is -5.55. The molecule has 0 aromatic heterocycles. The number of aliphatic hydroxyl groups is 8. The van der Waals surface area contributed by atoms with Crippen molar-refractivity contribution in [3.05, 3.63) is 23.0 Å². The van der Waals surface area contributed by atoms with Gasteiger partial charge in [-0.2, -0.15) is 0 Å². The first kappa shape index (κ1) is 23.2. The standard InChI is InChI=1S/2C6H8O6.Mg/c2*7-1-2(8)5-3(9)4(10)6(11)12-5;/h2*2,5,7-10H,1H2;/t2*2-,5+;/m00./s1. The molecule has 2 rings (SSSR count). The summed E-state index contributed by atoms with van der Waals surface area (Å²) in [6.45, 7) is -1.34. The average molecular weight is 377 g/mol. The van der Waals surface area contributed by atoms with E-state index in [9.17, 15) is 9.59 Å². The number of hydrogen-bond acceptors (Lipinski definition) is 12. The van der Waals surface area contributed by atoms with Crippen LogP contribution in [-0.2, 0) is 19.1 Å². The maximum absolute atomic E-state index is 10.5. The summed E-state index contributed by atoms with van der Waals surface area (Å²) in [7, 11) is 0. The predicted molar refractivity (Wildman–Crippen MR) is 76.3 cm³/mol. The number of ether oxygens (including phenoxy) is 2. The second-order valence-electron chi connectivity index (χ2n) is 4.62. The molecule has 13 heteroatoms. The van der Waals surface area contributed by atoms with Crippen molar-refractivity contribution in [1.82, 2.24) is 0 Å². The third-order valence-corrected chi connectivity index (χ3v) is 2.95. The molecule has 4 atom stereocenters. The van der Waals surface area contributed by atoms with E-state index in [1.165, 1.54) is 0 Å². The Hall–Kier alpha value is -1.77. The van der Waals surface area contributed by atoms with Gasteiger partial charge < -0.3 is 50.3 Å². The van der Waals surface area contributed by atoms with Crippen LogP contribution < -0.4 is 0 Å². The van der Waals surface area contributed by atoms with Gasteiger partial charge in [-0.15, -0.1) is 0 Å². The minimum Gasteiger partial charge on any atom is -0.505 e. The van der Waals surface area contributed by atoms with Gasteiger partial charge in [-0.1, -0.05) is 0 Å². The highest BCUT2D eigenvalue weighted by Crippen LogP contribution is 2.21. The van der Waals surface area contributed by atoms with Gasteiger partial charge in [0.2, 0.25) is 11.5 Å². The van der Waals surface area contributed by atoms with E-state index in [2.05, 4.69) is 9.47 Å². The van der Waals surface area contributed by atoms with E-state index in [1.807, 2.05) is 0 Å². The van der Waals surface area contributed by atoms with Crippen molar-refractivity contribution in [3.63, 3.8) is 0 Å². The third-order valence-electron chi connectivity index (χ3n) is 2.95. The lowest BCUT2D eigenvalue weighted by Crippen LogP contribution is -2.31. The van der Waals surface area contributed by atoms with Crippen LogP contribution in [0.2, 0.25) is 0 Å². The zero-order chi connectivity index (χ0) is 18.6. The second kappa shape index (κ2) is 9.64. The summed E-state index contributed by atoms with van der Waals surface area (Å²) in [5.41, 5.74) is 0. The SMILES string of the molecule is O=C1O[C@H]([C@@H](O)CO)C(O)=C1O.O=C1O[C@H]([C@@H](O)CO)C(O)=C1O.[Mg]. The molecule has 0 aliphatic carbocycles. The molecular weight excluding hydrogens is 360 g/mol. The zero-order valence-corrected chi connectivity index (χ0v) is 14.1. The fraction of sp³-hybridized carbons (Fsp3) is 0.500. The Labute approximate surface area is 156 Å². The maximum Gasteiger partial charge on any atom is 0.377 e. The van der Waals surface area contributed by atoms with Crippen molar-refractivity contribution < 1.29 is 59.9 Å². The Balaban J connectivity index is 0.000000443. The number of hydrogen-bond donors (Lipinski definition) is 8. The van der Waals surface area contributed by atoms with Crippen LogP contribution in [0, 0.1) is 0 Å². The summed E-state index contributed by atoms with van der Waals surface area (Å²) < 4.78 is 8.63. The first-order valence-electron chi connectivity index (χ1n) is 6.39. The highest BCUT2D eigenvalue weighted by molar-refractivity contribution is 5.89. The molecule has 0 saturated heterocycles. The second-order valence-corrected chi connectivity index (χ2v) is 4.62. The molecule has 0 saturated carbocycles. The number of carbonyl (C=O) groups excluding carboxylic acids is 2. The van der Waals surface area contributed by atoms with Crippen molar-refractivity contribution >= 4 is 35.0 Å². The monoisotopic (exact) mass is 376 g/mol. The Kier molecular flexibility index (Phi) is 8.96. The molecule has 2 radical (unpaired) electrons. The van der Waals surface area contributed by atoms with Crippen molar-refractivity contribution in [1.29, 1.82) is 0 Å². The molecule has 8 N–H and O–H groups in total. The minimum absolute atomic E-state index is 0. The first-order valence-corrected chi connectivity index (χ1v) is 6.39. The van der Waals surface area contributed by atoms with Gasteiger partial charge in [0.1, 0.15) is 12.2 Å². The van der Waals surface area contributed by atoms with Gasteiger partial charge >= 0.3 is 11.9 Å². The summed E-state index contributed by atoms with van der Waals surface area (Å²) >= 11 is 0. The van der Waals surface area contributed by atoms with Gasteiger partial charge in [0.25, 0.3) is 0 Å². The summed E-state index contributed by atoms with van der Waals surface area (Å²) in [5.74, 6) is -5.56. The summed E-state index contributed by atoms with van der Waals surface area (Å²) in [5, 5.41) is 70.1. The van der Waals surface area contributed by atoms with Crippen LogP contribution in [0.25, 0.3) is 0 Å². The lowest BCUT2D eigenvalue weighted by molar-refractivity contribution is -0.148. The molecule has 12 nitrogen and oxygen atoms in total. The number of cyclic esters (lactones) is 2. The van der Waals surface area contributed by atoms with E-state index >= 15 is 0 Å². The van der Waals surface area contributed by atoms with Gasteiger partial charge in [-0.3, -0.25) is 0 Å². The van der Waals surface area contributed by atoms with E-state index < -0.39 is 72.6 Å². The number of esters is 2. The molecule has 2 aliphatic rings. The van der Waals surface area contributed by atoms with Crippen LogP contribution >= 0.6 is 0 Å². The van der Waals surface area contributed by atoms with Crippen molar-refractivity contribution in [2.45, 2.75) is 24.4 Å². The molecule has 0 aromatic rings. The minimum atomic E-state index is -1.42. The molecule has 0 spiro atoms. The van der Waals surface area contributed by atoms with E-state index in [4.69, 9.17) is 40.9 Å². The van der Waals surface area contributed by atoms with Crippen molar-refractivity contribution in [2.24, 2.45) is 0 Å². The molecule has 0 fully saturated rings. The maximum atomic E-state index is 10.5. The first-order chi connectivity index (χ1) is 11.1. The van der Waals surface area contributed by atoms with Crippen LogP contribution in [0.15, 0.2) is 23.0 Å². The molecule has 138 valence electrons. The van der Waals surface area contributed by atoms with Crippen LogP contribution in [0.1, 0.15) is 0 Å². The molecule has 0 bridgehead atoms. The molecular formula is C12H16MgO12. The lowest BCUT2D eigenvalue weighted by atomic mass is 10.2. The number of rotatable bonds is 4. The van der Waals surface area contributed by atoms with Crippen LogP contribution in [0.3, 0.4) is 0 Å². The summed E-state index contributed by atoms with van der Waals surface area (Å²) in [4.78, 5) is 21.1. The van der Waals surface area contributed by atoms with Crippen LogP contribution in [-0.4, -0.2) is 113 Å². The quantitative estimate of drug-likeness (QED) is 0.180. The van der Waals surface area contributed by atoms with Gasteiger partial charge in [0, 0.05) is 23.1 Å². The molecule has 2 heterocycles. The Morgan fingerprint density at radius 2 is 1.04 bits per heavy atom. The van der Waals surface area contributed by atoms with Crippen molar-refractivity contribution in [3.8, 4) is 0 Å². The lowest BCUT2D eigenvalue weighted by Gasteiger charge is -2.13. The number of aliphatic hydroxyl groups excluding tert-OH is 8. The average Bonchev–Trinajstić information content (AvgIpc) is 2.98. The molecule has 0 amide bonds. The van der Waals surface area contributed by atoms with E-state index in [0.29, 0.717) is 0 Å². The zero-order valence-electron chi connectivity index (χ0n) is 12.6. The molecule has 2 aliphatic heterocycles. The molecule has 0 aromatic carbocycles. The third kappa shape index (κ3) is 5.10. The Bertz CT molecular complexity index is 520. The van der Waals surface area contributed by atoms with Crippen LogP contribution in [0.4, 0.5) is 0 Å². The van der Waals surface area contributed by atoms with Crippen molar-refractivity contribution in [2.75, 3.05) is 13.2 Å². The smallest absolute Gasteiger partial charge is 0.377 e. The van der Waals surface area contributed by atoms with Gasteiger partial charge in [0.05, 0.1) is 13.2 Å². The summed E-state index contributed by atoms with van der Waals surface area (Å²) in [6, 6.07) is 0. The highest BCUT2D eigenvalue weighted by Gasteiger charge is 2.39. The van der Waals surface area contributed by atoms with Crippen LogP contribution in [0.5, 0.6) is 0 Å². The van der Waals surface area contributed by atoms with E-state index in [0.717, 1.165) is 0 Å². The van der Waals surface area contributed by atoms with Gasteiger partial charge in [0.15, 0.2) is 23.7 Å². The molecule has 0 unspecified atom stereocenters. The fourth-order valence-electron chi connectivity index (χ4n) is 1.65. The Morgan fingerprint density at radius 1 is 0.760 bits per heavy atom. The normalized spacial score (nSPS) is 24.8. The van der Waals surface area contributed by atoms with E-state index in [1.54, 1.807) is 0 Å². The topological polar surface area (TPSA) is 214 Å². The predicted octanol–water partition coefficient (Wildman–Crippen LogP) is -3.20. The fourth-order valence-corrected chi connectivity index (χ4v) is 1.65. The van der Waals surface area contributed by atoms with Gasteiger partial charge in [-0.25, -0.2) is 9.59 Å². The largest absolute Gasteiger partial charge is 0.505 e. The van der Waals surface area contributed by atoms with Gasteiger partial charge in [-0.05, 0) is 0 Å². The number of carbonyl (C=O) groups is 2. The van der Waals surface area contributed by atoms with E-state index in [-0.39, 0.29) is 23.1 Å². The Morgan fingerprint density at radius 3 is 1.20 bits per heavy atom. The highest BCUT2D eigenvalue weighted by atomic mass is 24.3. The molecule has 25 heavy (non-hydrogen) atoms.